The highest BCUT2D eigenvalue weighted by Crippen LogP contribution is 2.20. The van der Waals surface area contributed by atoms with Gasteiger partial charge < -0.3 is 4.90 Å². The number of likely N-dealkylation sites (tertiary alicyclic amines) is 1. The molecule has 0 aromatic heterocycles. The van der Waals surface area contributed by atoms with Crippen LogP contribution in [0.25, 0.3) is 0 Å². The number of anilines is 1. The van der Waals surface area contributed by atoms with Crippen LogP contribution in [0.1, 0.15) is 35.2 Å². The highest BCUT2D eigenvalue weighted by atomic mass is 32.2. The van der Waals surface area contributed by atoms with E-state index >= 15 is 0 Å². The maximum atomic E-state index is 12.3. The molecule has 0 bridgehead atoms. The van der Waals surface area contributed by atoms with Crippen molar-refractivity contribution in [2.45, 2.75) is 26.2 Å². The molecule has 0 saturated carbocycles. The van der Waals surface area contributed by atoms with Crippen molar-refractivity contribution in [1.29, 1.82) is 0 Å². The summed E-state index contributed by atoms with van der Waals surface area (Å²) in [6.07, 6.45) is 4.40. The van der Waals surface area contributed by atoms with Crippen LogP contribution in [0.3, 0.4) is 0 Å². The third-order valence-electron chi connectivity index (χ3n) is 3.41. The van der Waals surface area contributed by atoms with Crippen LogP contribution in [0.15, 0.2) is 18.2 Å². The number of carbonyl (C=O) groups is 1. The van der Waals surface area contributed by atoms with Crippen molar-refractivity contribution in [1.82, 2.24) is 4.90 Å². The van der Waals surface area contributed by atoms with E-state index in [-0.39, 0.29) is 5.91 Å². The van der Waals surface area contributed by atoms with Crippen molar-refractivity contribution in [3.63, 3.8) is 0 Å². The SMILES string of the molecule is Cc1cc(C(=O)N2CCCCC2)ccc1NS(C)(=O)=O. The van der Waals surface area contributed by atoms with E-state index in [1.165, 1.54) is 6.42 Å². The van der Waals surface area contributed by atoms with Crippen molar-refractivity contribution < 1.29 is 13.2 Å². The zero-order valence-electron chi connectivity index (χ0n) is 11.8. The molecule has 1 fully saturated rings. The van der Waals surface area contributed by atoms with Gasteiger partial charge in [0.1, 0.15) is 0 Å². The minimum Gasteiger partial charge on any atom is -0.339 e. The number of piperidine rings is 1. The van der Waals surface area contributed by atoms with E-state index < -0.39 is 10.0 Å². The maximum absolute atomic E-state index is 12.3. The molecule has 0 atom stereocenters. The van der Waals surface area contributed by atoms with Crippen LogP contribution in [0.2, 0.25) is 0 Å². The van der Waals surface area contributed by atoms with Crippen molar-refractivity contribution in [3.05, 3.63) is 29.3 Å². The van der Waals surface area contributed by atoms with Gasteiger partial charge in [-0.15, -0.1) is 0 Å². The number of carbonyl (C=O) groups excluding carboxylic acids is 1. The average molecular weight is 296 g/mol. The van der Waals surface area contributed by atoms with Crippen LogP contribution >= 0.6 is 0 Å². The van der Waals surface area contributed by atoms with E-state index in [1.54, 1.807) is 25.1 Å². The molecule has 6 heteroatoms. The van der Waals surface area contributed by atoms with Gasteiger partial charge in [0.25, 0.3) is 5.91 Å². The summed E-state index contributed by atoms with van der Waals surface area (Å²) in [5, 5.41) is 0. The second kappa shape index (κ2) is 5.83. The lowest BCUT2D eigenvalue weighted by Crippen LogP contribution is -2.35. The fourth-order valence-electron chi connectivity index (χ4n) is 2.39. The summed E-state index contributed by atoms with van der Waals surface area (Å²) < 4.78 is 24.9. The van der Waals surface area contributed by atoms with Gasteiger partial charge in [-0.25, -0.2) is 8.42 Å². The molecule has 0 radical (unpaired) electrons. The summed E-state index contributed by atoms with van der Waals surface area (Å²) in [6, 6.07) is 5.06. The van der Waals surface area contributed by atoms with E-state index in [0.29, 0.717) is 11.3 Å². The molecule has 1 aliphatic rings. The lowest BCUT2D eigenvalue weighted by atomic mass is 10.1. The highest BCUT2D eigenvalue weighted by Gasteiger charge is 2.18. The van der Waals surface area contributed by atoms with Gasteiger partial charge in [0, 0.05) is 18.7 Å². The second-order valence-corrected chi connectivity index (χ2v) is 7.01. The molecule has 0 aliphatic carbocycles. The Balaban J connectivity index is 2.17. The number of aryl methyl sites for hydroxylation is 1. The zero-order valence-corrected chi connectivity index (χ0v) is 12.7. The highest BCUT2D eigenvalue weighted by molar-refractivity contribution is 7.92. The molecule has 0 unspecified atom stereocenters. The van der Waals surface area contributed by atoms with E-state index in [2.05, 4.69) is 4.72 Å². The summed E-state index contributed by atoms with van der Waals surface area (Å²) in [6.45, 7) is 3.41. The molecule has 1 aliphatic heterocycles. The Morgan fingerprint density at radius 2 is 1.85 bits per heavy atom. The van der Waals surface area contributed by atoms with Crippen molar-refractivity contribution >= 4 is 21.6 Å². The van der Waals surface area contributed by atoms with Gasteiger partial charge >= 0.3 is 0 Å². The first kappa shape index (κ1) is 14.8. The molecular formula is C14H20N2O3S. The predicted molar refractivity (Wildman–Crippen MR) is 79.4 cm³/mol. The average Bonchev–Trinajstić information content (AvgIpc) is 2.40. The van der Waals surface area contributed by atoms with Crippen LogP contribution in [-0.4, -0.2) is 38.6 Å². The number of nitrogens with one attached hydrogen (secondary N) is 1. The van der Waals surface area contributed by atoms with Gasteiger partial charge in [-0.3, -0.25) is 9.52 Å². The summed E-state index contributed by atoms with van der Waals surface area (Å²) in [5.41, 5.74) is 1.88. The number of benzene rings is 1. The van der Waals surface area contributed by atoms with E-state index in [9.17, 15) is 13.2 Å². The number of hydrogen-bond donors (Lipinski definition) is 1. The zero-order chi connectivity index (χ0) is 14.8. The molecule has 2 rings (SSSR count). The normalized spacial score (nSPS) is 16.0. The van der Waals surface area contributed by atoms with Gasteiger partial charge in [0.2, 0.25) is 10.0 Å². The molecular weight excluding hydrogens is 276 g/mol. The molecule has 1 amide bonds. The van der Waals surface area contributed by atoms with E-state index in [1.807, 2.05) is 4.90 Å². The fourth-order valence-corrected chi connectivity index (χ4v) is 3.02. The molecule has 1 N–H and O–H groups in total. The molecule has 0 spiro atoms. The predicted octanol–water partition coefficient (Wildman–Crippen LogP) is 1.99. The van der Waals surface area contributed by atoms with Gasteiger partial charge in [-0.1, -0.05) is 0 Å². The Kier molecular flexibility index (Phi) is 4.32. The van der Waals surface area contributed by atoms with Crippen molar-refractivity contribution in [3.8, 4) is 0 Å². The minimum atomic E-state index is -3.30. The second-order valence-electron chi connectivity index (χ2n) is 5.26. The lowest BCUT2D eigenvalue weighted by Gasteiger charge is -2.27. The molecule has 20 heavy (non-hydrogen) atoms. The first-order valence-corrected chi connectivity index (χ1v) is 8.64. The largest absolute Gasteiger partial charge is 0.339 e. The lowest BCUT2D eigenvalue weighted by molar-refractivity contribution is 0.0724. The molecule has 1 aromatic carbocycles. The smallest absolute Gasteiger partial charge is 0.253 e. The third-order valence-corrected chi connectivity index (χ3v) is 4.00. The summed E-state index contributed by atoms with van der Waals surface area (Å²) in [4.78, 5) is 14.2. The number of rotatable bonds is 3. The number of amides is 1. The Labute approximate surface area is 120 Å². The molecule has 1 saturated heterocycles. The third kappa shape index (κ3) is 3.72. The fraction of sp³-hybridized carbons (Fsp3) is 0.500. The van der Waals surface area contributed by atoms with E-state index in [4.69, 9.17) is 0 Å². The van der Waals surface area contributed by atoms with Crippen molar-refractivity contribution in [2.75, 3.05) is 24.1 Å². The number of sulfonamides is 1. The summed E-state index contributed by atoms with van der Waals surface area (Å²) >= 11 is 0. The Hall–Kier alpha value is -1.56. The number of hydrogen-bond acceptors (Lipinski definition) is 3. The first-order chi connectivity index (χ1) is 9.37. The Bertz CT molecular complexity index is 605. The number of nitrogens with zero attached hydrogens (tertiary/aromatic N) is 1. The van der Waals surface area contributed by atoms with Crippen LogP contribution in [0.4, 0.5) is 5.69 Å². The summed E-state index contributed by atoms with van der Waals surface area (Å²) in [7, 11) is -3.30. The molecule has 1 aromatic rings. The quantitative estimate of drug-likeness (QED) is 0.927. The summed E-state index contributed by atoms with van der Waals surface area (Å²) in [5.74, 6) is 0.0266. The molecule has 110 valence electrons. The van der Waals surface area contributed by atoms with Gasteiger partial charge in [0.05, 0.1) is 11.9 Å². The van der Waals surface area contributed by atoms with Crippen LogP contribution < -0.4 is 4.72 Å². The van der Waals surface area contributed by atoms with Gasteiger partial charge in [-0.05, 0) is 49.9 Å². The maximum Gasteiger partial charge on any atom is 0.253 e. The van der Waals surface area contributed by atoms with E-state index in [0.717, 1.165) is 37.8 Å². The minimum absolute atomic E-state index is 0.0266. The van der Waals surface area contributed by atoms with Crippen LogP contribution in [-0.2, 0) is 10.0 Å². The Morgan fingerprint density at radius 1 is 1.20 bits per heavy atom. The molecule has 1 heterocycles. The topological polar surface area (TPSA) is 66.5 Å². The van der Waals surface area contributed by atoms with Gasteiger partial charge in [0.15, 0.2) is 0 Å². The van der Waals surface area contributed by atoms with Gasteiger partial charge in [-0.2, -0.15) is 0 Å². The Morgan fingerprint density at radius 3 is 2.40 bits per heavy atom. The van der Waals surface area contributed by atoms with Crippen molar-refractivity contribution in [2.24, 2.45) is 0 Å². The standard InChI is InChI=1S/C14H20N2O3S/c1-11-10-12(6-7-13(11)15-20(2,18)19)14(17)16-8-4-3-5-9-16/h6-7,10,15H,3-5,8-9H2,1-2H3. The monoisotopic (exact) mass is 296 g/mol. The van der Waals surface area contributed by atoms with Crippen LogP contribution in [0, 0.1) is 6.92 Å². The first-order valence-electron chi connectivity index (χ1n) is 6.74. The van der Waals surface area contributed by atoms with Crippen LogP contribution in [0.5, 0.6) is 0 Å². The molecule has 5 nitrogen and oxygen atoms in total.